The molecule has 1 aromatic heterocycles. The second kappa shape index (κ2) is 7.55. The zero-order valence-corrected chi connectivity index (χ0v) is 17.2. The Morgan fingerprint density at radius 1 is 1.31 bits per heavy atom. The fraction of sp³-hybridized carbons (Fsp3) is 0.450. The Kier molecular flexibility index (Phi) is 5.08. The molecule has 1 aliphatic heterocycles. The first-order valence-electron chi connectivity index (χ1n) is 9.74. The highest BCUT2D eigenvalue weighted by Gasteiger charge is 2.54. The van der Waals surface area contributed by atoms with E-state index in [1.165, 1.54) is 11.3 Å². The number of fused-ring (bicyclic) bond motifs is 2. The van der Waals surface area contributed by atoms with E-state index in [4.69, 9.17) is 0 Å². The average molecular weight is 414 g/mol. The number of nitrogens with zero attached hydrogens (tertiary/aromatic N) is 3. The zero-order chi connectivity index (χ0) is 20.6. The first-order valence-corrected chi connectivity index (χ1v) is 10.6. The van der Waals surface area contributed by atoms with Gasteiger partial charge in [-0.05, 0) is 36.3 Å². The van der Waals surface area contributed by atoms with Crippen molar-refractivity contribution in [2.45, 2.75) is 45.1 Å². The van der Waals surface area contributed by atoms with Crippen LogP contribution in [0.25, 0.3) is 0 Å². The normalized spacial score (nSPS) is 20.9. The summed E-state index contributed by atoms with van der Waals surface area (Å²) >= 11 is 1.30. The fourth-order valence-corrected chi connectivity index (χ4v) is 4.96. The molecule has 1 aromatic carbocycles. The Morgan fingerprint density at radius 2 is 2.10 bits per heavy atom. The number of urea groups is 1. The first-order chi connectivity index (χ1) is 13.9. The predicted octanol–water partition coefficient (Wildman–Crippen LogP) is 2.46. The summed E-state index contributed by atoms with van der Waals surface area (Å²) in [5, 5.41) is 14.7. The molecule has 4 rings (SSSR count). The summed E-state index contributed by atoms with van der Waals surface area (Å²) in [7, 11) is 0. The van der Waals surface area contributed by atoms with Gasteiger partial charge < -0.3 is 5.32 Å². The van der Waals surface area contributed by atoms with E-state index in [1.54, 1.807) is 0 Å². The minimum Gasteiger partial charge on any atom is -0.319 e. The number of rotatable bonds is 5. The topological polar surface area (TPSA) is 104 Å². The number of amides is 4. The number of imide groups is 1. The molecular formula is C20H23N5O3S. The van der Waals surface area contributed by atoms with Crippen molar-refractivity contribution < 1.29 is 14.4 Å². The van der Waals surface area contributed by atoms with E-state index in [1.807, 2.05) is 24.3 Å². The number of anilines is 1. The summed E-state index contributed by atoms with van der Waals surface area (Å²) in [5.41, 5.74) is 0.819. The largest absolute Gasteiger partial charge is 0.325 e. The van der Waals surface area contributed by atoms with E-state index in [0.29, 0.717) is 17.5 Å². The Hall–Kier alpha value is -2.81. The van der Waals surface area contributed by atoms with E-state index in [0.717, 1.165) is 40.3 Å². The van der Waals surface area contributed by atoms with E-state index in [-0.39, 0.29) is 12.5 Å². The van der Waals surface area contributed by atoms with Gasteiger partial charge in [-0.3, -0.25) is 19.8 Å². The average Bonchev–Trinajstić information content (AvgIpc) is 3.20. The van der Waals surface area contributed by atoms with Crippen LogP contribution in [0.4, 0.5) is 9.93 Å². The number of benzene rings is 1. The van der Waals surface area contributed by atoms with Crippen LogP contribution in [-0.2, 0) is 28.0 Å². The second-order valence-corrected chi connectivity index (χ2v) is 8.95. The van der Waals surface area contributed by atoms with Crippen LogP contribution in [0.2, 0.25) is 0 Å². The monoisotopic (exact) mass is 413 g/mol. The van der Waals surface area contributed by atoms with Gasteiger partial charge in [-0.25, -0.2) is 4.79 Å². The van der Waals surface area contributed by atoms with E-state index in [9.17, 15) is 14.4 Å². The number of hydrogen-bond acceptors (Lipinski definition) is 6. The first kappa shape index (κ1) is 19.5. The molecule has 1 fully saturated rings. The number of aromatic nitrogens is 2. The molecule has 1 atom stereocenters. The Morgan fingerprint density at radius 3 is 2.90 bits per heavy atom. The summed E-state index contributed by atoms with van der Waals surface area (Å²) in [6, 6.07) is 7.12. The maximum atomic E-state index is 13.2. The second-order valence-electron chi connectivity index (χ2n) is 7.88. The number of carbonyl (C=O) groups is 3. The molecule has 29 heavy (non-hydrogen) atoms. The molecule has 2 aromatic rings. The van der Waals surface area contributed by atoms with Crippen LogP contribution in [0.3, 0.4) is 0 Å². The molecule has 2 heterocycles. The Balaban J connectivity index is 1.48. The summed E-state index contributed by atoms with van der Waals surface area (Å²) in [6.45, 7) is 3.81. The third-order valence-corrected chi connectivity index (χ3v) is 6.11. The van der Waals surface area contributed by atoms with Gasteiger partial charge in [0.15, 0.2) is 0 Å². The fourth-order valence-electron chi connectivity index (χ4n) is 3.99. The molecular weight excluding hydrogens is 390 g/mol. The molecule has 0 radical (unpaired) electrons. The van der Waals surface area contributed by atoms with E-state index in [2.05, 4.69) is 34.7 Å². The molecule has 0 saturated carbocycles. The van der Waals surface area contributed by atoms with Crippen LogP contribution < -0.4 is 10.6 Å². The summed E-state index contributed by atoms with van der Waals surface area (Å²) in [5.74, 6) is -0.406. The highest BCUT2D eigenvalue weighted by atomic mass is 32.1. The smallest absolute Gasteiger partial charge is 0.319 e. The lowest BCUT2D eigenvalue weighted by molar-refractivity contribution is -0.134. The van der Waals surface area contributed by atoms with Crippen LogP contribution in [0.5, 0.6) is 0 Å². The lowest BCUT2D eigenvalue weighted by atomic mass is 9.76. The molecule has 152 valence electrons. The van der Waals surface area contributed by atoms with Gasteiger partial charge in [0.25, 0.3) is 5.91 Å². The van der Waals surface area contributed by atoms with Gasteiger partial charge in [-0.15, -0.1) is 10.2 Å². The van der Waals surface area contributed by atoms with Gasteiger partial charge >= 0.3 is 6.03 Å². The molecule has 1 aliphatic carbocycles. The standard InChI is InChI=1S/C20H23N5O3S/c1-12(2)10-16-23-24-18(29-16)21-15(26)11-25-17(27)20(22-19(25)28)9-5-7-13-6-3-4-8-14(13)20/h3-4,6,8,12H,5,7,9-11H2,1-2H3,(H,22,28)(H,21,24,26). The summed E-state index contributed by atoms with van der Waals surface area (Å²) < 4.78 is 0. The minimum absolute atomic E-state index is 0.353. The van der Waals surface area contributed by atoms with Crippen LogP contribution in [0, 0.1) is 5.92 Å². The maximum absolute atomic E-state index is 13.2. The van der Waals surface area contributed by atoms with Gasteiger partial charge in [0.05, 0.1) is 0 Å². The third-order valence-electron chi connectivity index (χ3n) is 5.25. The molecule has 4 amide bonds. The lowest BCUT2D eigenvalue weighted by Crippen LogP contribution is -2.47. The van der Waals surface area contributed by atoms with Gasteiger partial charge in [-0.1, -0.05) is 49.4 Å². The van der Waals surface area contributed by atoms with Gasteiger partial charge in [0, 0.05) is 6.42 Å². The highest BCUT2D eigenvalue weighted by molar-refractivity contribution is 7.15. The van der Waals surface area contributed by atoms with Crippen molar-refractivity contribution in [3.05, 3.63) is 40.4 Å². The number of aryl methyl sites for hydroxylation is 1. The Bertz CT molecular complexity index is 973. The molecule has 9 heteroatoms. The molecule has 2 aliphatic rings. The minimum atomic E-state index is -1.07. The zero-order valence-electron chi connectivity index (χ0n) is 16.4. The van der Waals surface area contributed by atoms with Crippen molar-refractivity contribution in [2.75, 3.05) is 11.9 Å². The third kappa shape index (κ3) is 3.62. The summed E-state index contributed by atoms with van der Waals surface area (Å²) in [4.78, 5) is 39.2. The van der Waals surface area contributed by atoms with Crippen LogP contribution >= 0.6 is 11.3 Å². The highest BCUT2D eigenvalue weighted by Crippen LogP contribution is 2.39. The molecule has 1 unspecified atom stereocenters. The van der Waals surface area contributed by atoms with Gasteiger partial charge in [0.1, 0.15) is 17.1 Å². The van der Waals surface area contributed by atoms with Gasteiger partial charge in [-0.2, -0.15) is 0 Å². The van der Waals surface area contributed by atoms with Crippen LogP contribution in [-0.4, -0.2) is 39.5 Å². The van der Waals surface area contributed by atoms with Crippen molar-refractivity contribution in [3.8, 4) is 0 Å². The molecule has 1 spiro atoms. The van der Waals surface area contributed by atoms with Crippen molar-refractivity contribution in [2.24, 2.45) is 5.92 Å². The number of hydrogen-bond donors (Lipinski definition) is 2. The summed E-state index contributed by atoms with van der Waals surface area (Å²) in [6.07, 6.45) is 2.98. The lowest BCUT2D eigenvalue weighted by Gasteiger charge is -2.33. The predicted molar refractivity (Wildman–Crippen MR) is 108 cm³/mol. The van der Waals surface area contributed by atoms with Crippen molar-refractivity contribution in [1.29, 1.82) is 0 Å². The van der Waals surface area contributed by atoms with Crippen molar-refractivity contribution in [3.63, 3.8) is 0 Å². The SMILES string of the molecule is CC(C)Cc1nnc(NC(=O)CN2C(=O)NC3(CCCc4ccccc43)C2=O)s1. The quantitative estimate of drug-likeness (QED) is 0.733. The maximum Gasteiger partial charge on any atom is 0.325 e. The van der Waals surface area contributed by atoms with E-state index >= 15 is 0 Å². The van der Waals surface area contributed by atoms with Crippen molar-refractivity contribution in [1.82, 2.24) is 20.4 Å². The molecule has 8 nitrogen and oxygen atoms in total. The Labute approximate surface area is 172 Å². The van der Waals surface area contributed by atoms with Gasteiger partial charge in [0.2, 0.25) is 11.0 Å². The van der Waals surface area contributed by atoms with Crippen molar-refractivity contribution >= 4 is 34.3 Å². The molecule has 1 saturated heterocycles. The number of carbonyl (C=O) groups excluding carboxylic acids is 3. The molecule has 2 N–H and O–H groups in total. The van der Waals surface area contributed by atoms with Crippen LogP contribution in [0.1, 0.15) is 42.8 Å². The van der Waals surface area contributed by atoms with Crippen LogP contribution in [0.15, 0.2) is 24.3 Å². The van der Waals surface area contributed by atoms with E-state index < -0.39 is 17.5 Å². The number of nitrogens with one attached hydrogen (secondary N) is 2. The molecule has 0 bridgehead atoms.